The number of aromatic nitrogens is 2. The number of hydrogen-bond donors (Lipinski definition) is 1. The number of rotatable bonds is 3. The number of hydrogen-bond acceptors (Lipinski definition) is 4. The molecule has 5 heteroatoms. The monoisotopic (exact) mass is 205 g/mol. The summed E-state index contributed by atoms with van der Waals surface area (Å²) < 4.78 is 2.11. The summed E-state index contributed by atoms with van der Waals surface area (Å²) in [4.78, 5) is 4.14. The van der Waals surface area contributed by atoms with Crippen LogP contribution >= 0.6 is 0 Å². The predicted molar refractivity (Wildman–Crippen MR) is 59.9 cm³/mol. The van der Waals surface area contributed by atoms with Crippen molar-refractivity contribution < 1.29 is 0 Å². The number of imidazole rings is 1. The van der Waals surface area contributed by atoms with E-state index in [0.717, 1.165) is 37.2 Å². The summed E-state index contributed by atoms with van der Waals surface area (Å²) >= 11 is 0. The van der Waals surface area contributed by atoms with Crippen LogP contribution in [0.25, 0.3) is 0 Å². The highest BCUT2D eigenvalue weighted by atomic mass is 15.2. The maximum absolute atomic E-state index is 5.57. The van der Waals surface area contributed by atoms with Gasteiger partial charge in [-0.1, -0.05) is 6.92 Å². The lowest BCUT2D eigenvalue weighted by Gasteiger charge is -2.11. The quantitative estimate of drug-likeness (QED) is 0.804. The second-order valence-corrected chi connectivity index (χ2v) is 3.61. The second kappa shape index (κ2) is 4.25. The first-order chi connectivity index (χ1) is 7.31. The predicted octanol–water partition coefficient (Wildman–Crippen LogP) is 1.15. The van der Waals surface area contributed by atoms with Gasteiger partial charge >= 0.3 is 0 Å². The summed E-state index contributed by atoms with van der Waals surface area (Å²) in [5.41, 5.74) is 7.61. The Balaban J connectivity index is 2.26. The van der Waals surface area contributed by atoms with Crippen molar-refractivity contribution in [1.82, 2.24) is 9.55 Å². The van der Waals surface area contributed by atoms with Gasteiger partial charge in [0.25, 0.3) is 0 Å². The molecule has 1 aromatic rings. The van der Waals surface area contributed by atoms with Gasteiger partial charge in [0, 0.05) is 19.4 Å². The van der Waals surface area contributed by atoms with E-state index in [0.29, 0.717) is 5.84 Å². The topological polar surface area (TPSA) is 68.6 Å². The lowest BCUT2D eigenvalue weighted by atomic mass is 10.1. The Labute approximate surface area is 88.7 Å². The van der Waals surface area contributed by atoms with Gasteiger partial charge in [-0.3, -0.25) is 0 Å². The summed E-state index contributed by atoms with van der Waals surface area (Å²) in [6.45, 7) is 3.11. The molecular formula is C10H15N5. The number of nitrogens with two attached hydrogens (primary N) is 1. The lowest BCUT2D eigenvalue weighted by Crippen LogP contribution is -2.19. The highest BCUT2D eigenvalue weighted by Crippen LogP contribution is 2.11. The van der Waals surface area contributed by atoms with Crippen LogP contribution in [-0.4, -0.2) is 21.1 Å². The van der Waals surface area contributed by atoms with Crippen LogP contribution in [-0.2, 0) is 6.54 Å². The average molecular weight is 205 g/mol. The number of nitrogens with zero attached hydrogens (tertiary/aromatic N) is 4. The van der Waals surface area contributed by atoms with Gasteiger partial charge in [0.2, 0.25) is 0 Å². The van der Waals surface area contributed by atoms with Gasteiger partial charge in [0.15, 0.2) is 0 Å². The van der Waals surface area contributed by atoms with E-state index in [1.54, 1.807) is 0 Å². The van der Waals surface area contributed by atoms with Gasteiger partial charge in [-0.2, -0.15) is 5.10 Å². The molecule has 80 valence electrons. The highest BCUT2D eigenvalue weighted by molar-refractivity contribution is 6.02. The Morgan fingerprint density at radius 3 is 2.93 bits per heavy atom. The minimum Gasteiger partial charge on any atom is -0.386 e. The minimum absolute atomic E-state index is 0.611. The maximum Gasteiger partial charge on any atom is 0.122 e. The molecule has 0 radical (unpaired) electrons. The van der Waals surface area contributed by atoms with E-state index < -0.39 is 0 Å². The third-order valence-electron chi connectivity index (χ3n) is 2.39. The molecule has 2 rings (SSSR count). The minimum atomic E-state index is 0.611. The SMILES string of the molecule is CCCn1cncc1C1=NN=C(N)CC1. The van der Waals surface area contributed by atoms with Gasteiger partial charge in [-0.05, 0) is 6.42 Å². The third kappa shape index (κ3) is 2.06. The molecule has 0 saturated heterocycles. The molecule has 0 aromatic carbocycles. The second-order valence-electron chi connectivity index (χ2n) is 3.61. The standard InChI is InChI=1S/C10H15N5/c1-2-5-15-7-12-6-9(15)8-3-4-10(11)14-13-8/h6-7H,2-5H2,1H3,(H2,11,14). The van der Waals surface area contributed by atoms with Crippen LogP contribution in [0.4, 0.5) is 0 Å². The zero-order chi connectivity index (χ0) is 10.7. The number of amidine groups is 1. The molecule has 2 N–H and O–H groups in total. The third-order valence-corrected chi connectivity index (χ3v) is 2.39. The Hall–Kier alpha value is -1.65. The Kier molecular flexibility index (Phi) is 2.80. The molecule has 0 amide bonds. The van der Waals surface area contributed by atoms with E-state index >= 15 is 0 Å². The molecule has 1 aliphatic heterocycles. The van der Waals surface area contributed by atoms with Crippen LogP contribution in [0.15, 0.2) is 22.7 Å². The zero-order valence-electron chi connectivity index (χ0n) is 8.85. The first-order valence-corrected chi connectivity index (χ1v) is 5.20. The Morgan fingerprint density at radius 1 is 1.40 bits per heavy atom. The van der Waals surface area contributed by atoms with E-state index in [1.807, 2.05) is 12.5 Å². The van der Waals surface area contributed by atoms with E-state index in [-0.39, 0.29) is 0 Å². The first kappa shape index (κ1) is 9.89. The van der Waals surface area contributed by atoms with Crippen molar-refractivity contribution in [3.05, 3.63) is 18.2 Å². The molecule has 0 bridgehead atoms. The summed E-state index contributed by atoms with van der Waals surface area (Å²) in [7, 11) is 0. The molecule has 2 heterocycles. The van der Waals surface area contributed by atoms with E-state index in [4.69, 9.17) is 5.73 Å². The van der Waals surface area contributed by atoms with Crippen molar-refractivity contribution in [3.8, 4) is 0 Å². The smallest absolute Gasteiger partial charge is 0.122 e. The lowest BCUT2D eigenvalue weighted by molar-refractivity contribution is 0.672. The van der Waals surface area contributed by atoms with Crippen LogP contribution in [0.5, 0.6) is 0 Å². The number of aryl methyl sites for hydroxylation is 1. The van der Waals surface area contributed by atoms with E-state index in [1.165, 1.54) is 0 Å². The van der Waals surface area contributed by atoms with E-state index in [2.05, 4.69) is 26.7 Å². The molecule has 0 spiro atoms. The van der Waals surface area contributed by atoms with Crippen molar-refractivity contribution in [2.24, 2.45) is 15.9 Å². The fourth-order valence-electron chi connectivity index (χ4n) is 1.63. The van der Waals surface area contributed by atoms with Gasteiger partial charge in [0.1, 0.15) is 5.84 Å². The van der Waals surface area contributed by atoms with Gasteiger partial charge in [-0.15, -0.1) is 5.10 Å². The van der Waals surface area contributed by atoms with Crippen LogP contribution in [0, 0.1) is 0 Å². The van der Waals surface area contributed by atoms with Crippen molar-refractivity contribution in [1.29, 1.82) is 0 Å². The van der Waals surface area contributed by atoms with Crippen molar-refractivity contribution in [2.45, 2.75) is 32.7 Å². The van der Waals surface area contributed by atoms with Crippen molar-refractivity contribution in [2.75, 3.05) is 0 Å². The van der Waals surface area contributed by atoms with Crippen LogP contribution in [0.3, 0.4) is 0 Å². The molecule has 0 fully saturated rings. The summed E-state index contributed by atoms with van der Waals surface area (Å²) in [5, 5.41) is 8.02. The normalized spacial score (nSPS) is 16.1. The van der Waals surface area contributed by atoms with Gasteiger partial charge in [-0.25, -0.2) is 4.98 Å². The van der Waals surface area contributed by atoms with Gasteiger partial charge < -0.3 is 10.3 Å². The molecule has 0 unspecified atom stereocenters. The molecule has 5 nitrogen and oxygen atoms in total. The molecule has 1 aromatic heterocycles. The molecular weight excluding hydrogens is 190 g/mol. The van der Waals surface area contributed by atoms with E-state index in [9.17, 15) is 0 Å². The molecule has 0 atom stereocenters. The molecule has 0 aliphatic carbocycles. The Morgan fingerprint density at radius 2 is 2.27 bits per heavy atom. The van der Waals surface area contributed by atoms with Crippen molar-refractivity contribution >= 4 is 11.5 Å². The summed E-state index contributed by atoms with van der Waals surface area (Å²) in [6, 6.07) is 0. The van der Waals surface area contributed by atoms with Crippen LogP contribution < -0.4 is 5.73 Å². The van der Waals surface area contributed by atoms with Gasteiger partial charge in [0.05, 0.1) is 23.9 Å². The summed E-state index contributed by atoms with van der Waals surface area (Å²) in [6.07, 6.45) is 6.40. The maximum atomic E-state index is 5.57. The highest BCUT2D eigenvalue weighted by Gasteiger charge is 2.13. The largest absolute Gasteiger partial charge is 0.386 e. The molecule has 0 saturated carbocycles. The average Bonchev–Trinajstić information content (AvgIpc) is 2.68. The Bertz CT molecular complexity index is 402. The van der Waals surface area contributed by atoms with Crippen molar-refractivity contribution in [3.63, 3.8) is 0 Å². The fraction of sp³-hybridized carbons (Fsp3) is 0.500. The van der Waals surface area contributed by atoms with Crippen LogP contribution in [0.1, 0.15) is 31.9 Å². The summed E-state index contributed by atoms with van der Waals surface area (Å²) in [5.74, 6) is 0.611. The van der Waals surface area contributed by atoms with Crippen LogP contribution in [0.2, 0.25) is 0 Å². The molecule has 15 heavy (non-hydrogen) atoms. The molecule has 1 aliphatic rings. The zero-order valence-corrected chi connectivity index (χ0v) is 8.85. The fourth-order valence-corrected chi connectivity index (χ4v) is 1.63. The first-order valence-electron chi connectivity index (χ1n) is 5.20.